The number of amides is 3. The Balaban J connectivity index is 1.18. The first-order valence-electron chi connectivity index (χ1n) is 18.5. The molecule has 0 radical (unpaired) electrons. The SMILES string of the molecule is CC(C)(C)OC(=O)NCC(C)(C)c1cccc(C(=O)NCC(=O)Nc2nc(-c3cccc(B4OC(C)(C)C(C)(CC(O)c5cc(Br)cc(C(F)(F)F)c5)O4)c3)cs2)c1. The predicted molar refractivity (Wildman–Crippen MR) is 221 cm³/mol. The number of nitrogens with one attached hydrogen (secondary N) is 3. The van der Waals surface area contributed by atoms with Gasteiger partial charge >= 0.3 is 19.4 Å². The van der Waals surface area contributed by atoms with Crippen molar-refractivity contribution in [3.63, 3.8) is 0 Å². The second-order valence-corrected chi connectivity index (χ2v) is 18.3. The van der Waals surface area contributed by atoms with Crippen LogP contribution in [0.3, 0.4) is 0 Å². The van der Waals surface area contributed by atoms with E-state index in [0.717, 1.165) is 17.7 Å². The van der Waals surface area contributed by atoms with Crippen LogP contribution in [0.25, 0.3) is 11.3 Å². The van der Waals surface area contributed by atoms with Crippen molar-refractivity contribution < 1.29 is 46.7 Å². The third-order valence-electron chi connectivity index (χ3n) is 9.85. The van der Waals surface area contributed by atoms with Crippen molar-refractivity contribution in [3.05, 3.63) is 98.8 Å². The molecule has 4 N–H and O–H groups in total. The van der Waals surface area contributed by atoms with E-state index in [4.69, 9.17) is 14.0 Å². The van der Waals surface area contributed by atoms with Crippen LogP contribution in [-0.2, 0) is 30.4 Å². The number of aliphatic hydroxyl groups excluding tert-OH is 1. The third-order valence-corrected chi connectivity index (χ3v) is 11.1. The van der Waals surface area contributed by atoms with Crippen molar-refractivity contribution in [2.75, 3.05) is 18.4 Å². The van der Waals surface area contributed by atoms with E-state index in [9.17, 15) is 32.7 Å². The van der Waals surface area contributed by atoms with E-state index in [1.807, 2.05) is 38.1 Å². The van der Waals surface area contributed by atoms with Crippen molar-refractivity contribution in [2.24, 2.45) is 0 Å². The average Bonchev–Trinajstić information content (AvgIpc) is 3.69. The maximum absolute atomic E-state index is 13.5. The van der Waals surface area contributed by atoms with Gasteiger partial charge in [0, 0.05) is 39.4 Å². The molecule has 3 aromatic carbocycles. The lowest BCUT2D eigenvalue weighted by molar-refractivity contribution is -0.137. The number of hydrogen-bond donors (Lipinski definition) is 4. The molecule has 2 unspecified atom stereocenters. The predicted octanol–water partition coefficient (Wildman–Crippen LogP) is 8.17. The van der Waals surface area contributed by atoms with Gasteiger partial charge in [0.05, 0.1) is 35.1 Å². The summed E-state index contributed by atoms with van der Waals surface area (Å²) in [6.07, 6.45) is -6.43. The van der Waals surface area contributed by atoms with E-state index in [2.05, 4.69) is 36.9 Å². The molecule has 0 saturated carbocycles. The van der Waals surface area contributed by atoms with Crippen LogP contribution in [0.5, 0.6) is 0 Å². The molecule has 0 bridgehead atoms. The highest BCUT2D eigenvalue weighted by molar-refractivity contribution is 9.10. The van der Waals surface area contributed by atoms with E-state index in [0.29, 0.717) is 27.4 Å². The molecule has 310 valence electrons. The number of halogens is 4. The molecule has 1 aliphatic heterocycles. The second-order valence-electron chi connectivity index (χ2n) is 16.5. The number of hydrogen-bond acceptors (Lipinski definition) is 9. The molecule has 11 nitrogen and oxygen atoms in total. The van der Waals surface area contributed by atoms with Gasteiger partial charge in [-0.2, -0.15) is 13.2 Å². The summed E-state index contributed by atoms with van der Waals surface area (Å²) in [4.78, 5) is 42.6. The number of benzene rings is 3. The first-order valence-corrected chi connectivity index (χ1v) is 20.1. The number of thiazole rings is 1. The molecule has 4 aromatic rings. The van der Waals surface area contributed by atoms with Gasteiger partial charge in [-0.05, 0) is 88.5 Å². The number of nitrogens with zero attached hydrogens (tertiary/aromatic N) is 1. The zero-order valence-electron chi connectivity index (χ0n) is 33.5. The lowest BCUT2D eigenvalue weighted by atomic mass is 9.78. The molecule has 1 saturated heterocycles. The first kappa shape index (κ1) is 44.8. The minimum Gasteiger partial charge on any atom is -0.444 e. The Morgan fingerprint density at radius 2 is 1.66 bits per heavy atom. The number of ether oxygens (including phenoxy) is 1. The monoisotopic (exact) mass is 886 g/mol. The smallest absolute Gasteiger partial charge is 0.444 e. The standard InChI is InChI=1S/C41H47BBrF3N4O7S/c1-37(2,3)55-36(54)48-23-38(4,5)27-13-9-12-25(15-27)34(53)47-21-33(52)50-35-49-31(22-58-35)24-11-10-14-29(17-24)42-56-39(6,7)40(8,57-42)20-32(51)26-16-28(41(44,45)46)19-30(43)18-26/h9-19,22,32,51H,20-21,23H2,1-8H3,(H,47,53)(H,48,54)(H,49,50,52). The summed E-state index contributed by atoms with van der Waals surface area (Å²) < 4.78 is 58.7. The normalized spacial score (nSPS) is 17.4. The van der Waals surface area contributed by atoms with E-state index in [-0.39, 0.29) is 29.5 Å². The highest BCUT2D eigenvalue weighted by atomic mass is 79.9. The largest absolute Gasteiger partial charge is 0.494 e. The summed E-state index contributed by atoms with van der Waals surface area (Å²) in [6, 6.07) is 17.6. The highest BCUT2D eigenvalue weighted by Crippen LogP contribution is 2.44. The summed E-state index contributed by atoms with van der Waals surface area (Å²) >= 11 is 4.33. The number of rotatable bonds is 12. The van der Waals surface area contributed by atoms with Crippen LogP contribution in [-0.4, -0.2) is 65.0 Å². The van der Waals surface area contributed by atoms with Gasteiger partial charge in [-0.1, -0.05) is 66.2 Å². The lowest BCUT2D eigenvalue weighted by Crippen LogP contribution is -2.45. The molecule has 5 rings (SSSR count). The third kappa shape index (κ3) is 11.3. The number of aliphatic hydroxyl groups is 1. The lowest BCUT2D eigenvalue weighted by Gasteiger charge is -2.38. The van der Waals surface area contributed by atoms with Gasteiger partial charge in [0.15, 0.2) is 5.13 Å². The molecule has 2 atom stereocenters. The highest BCUT2D eigenvalue weighted by Gasteiger charge is 2.55. The average molecular weight is 888 g/mol. The number of alkyl carbamates (subject to hydrolysis) is 1. The Hall–Kier alpha value is -4.29. The second kappa shape index (κ2) is 17.1. The van der Waals surface area contributed by atoms with Gasteiger partial charge in [0.2, 0.25) is 5.91 Å². The summed E-state index contributed by atoms with van der Waals surface area (Å²) in [5.74, 6) is -0.923. The van der Waals surface area contributed by atoms with Crippen molar-refractivity contribution in [1.82, 2.24) is 15.6 Å². The van der Waals surface area contributed by atoms with Gasteiger partial charge in [-0.3, -0.25) is 9.59 Å². The molecule has 1 aromatic heterocycles. The first-order chi connectivity index (χ1) is 26.8. The summed E-state index contributed by atoms with van der Waals surface area (Å²) in [6.45, 7) is 14.5. The van der Waals surface area contributed by atoms with Gasteiger partial charge in [0.25, 0.3) is 5.91 Å². The molecule has 0 spiro atoms. The number of anilines is 1. The van der Waals surface area contributed by atoms with Crippen LogP contribution < -0.4 is 21.4 Å². The van der Waals surface area contributed by atoms with Crippen LogP contribution in [0.1, 0.15) is 95.0 Å². The Morgan fingerprint density at radius 3 is 2.34 bits per heavy atom. The summed E-state index contributed by atoms with van der Waals surface area (Å²) in [5, 5.41) is 21.3. The van der Waals surface area contributed by atoms with Crippen LogP contribution >= 0.6 is 27.3 Å². The summed E-state index contributed by atoms with van der Waals surface area (Å²) in [5.41, 5.74) is -0.885. The summed E-state index contributed by atoms with van der Waals surface area (Å²) in [7, 11) is -0.859. The molecular formula is C41H47BBrF3N4O7S. The molecule has 0 aliphatic carbocycles. The Kier molecular flexibility index (Phi) is 13.2. The van der Waals surface area contributed by atoms with E-state index in [1.165, 1.54) is 17.4 Å². The zero-order valence-corrected chi connectivity index (χ0v) is 35.9. The Bertz CT molecular complexity index is 2160. The molecule has 1 fully saturated rings. The van der Waals surface area contributed by atoms with Crippen LogP contribution in [0.2, 0.25) is 0 Å². The Morgan fingerprint density at radius 1 is 0.948 bits per heavy atom. The van der Waals surface area contributed by atoms with Crippen molar-refractivity contribution >= 4 is 62.9 Å². The zero-order chi connectivity index (χ0) is 42.8. The molecule has 1 aliphatic rings. The van der Waals surface area contributed by atoms with Crippen LogP contribution in [0, 0.1) is 0 Å². The van der Waals surface area contributed by atoms with Gasteiger partial charge < -0.3 is 35.1 Å². The van der Waals surface area contributed by atoms with Gasteiger partial charge in [0.1, 0.15) is 5.60 Å². The van der Waals surface area contributed by atoms with Crippen molar-refractivity contribution in [2.45, 2.75) is 96.3 Å². The molecule has 2 heterocycles. The van der Waals surface area contributed by atoms with Crippen LogP contribution in [0.4, 0.5) is 23.1 Å². The Labute approximate surface area is 348 Å². The number of carbonyl (C=O) groups is 3. The fourth-order valence-electron chi connectivity index (χ4n) is 6.20. The maximum Gasteiger partial charge on any atom is 0.494 e. The number of carbonyl (C=O) groups excluding carboxylic acids is 3. The minimum absolute atomic E-state index is 0.0425. The fraction of sp³-hybridized carbons (Fsp3) is 0.415. The van der Waals surface area contributed by atoms with Gasteiger partial charge in [-0.25, -0.2) is 9.78 Å². The quantitative estimate of drug-likeness (QED) is 0.104. The fourth-order valence-corrected chi connectivity index (χ4v) is 7.45. The van der Waals surface area contributed by atoms with E-state index >= 15 is 0 Å². The maximum atomic E-state index is 13.5. The molecule has 58 heavy (non-hydrogen) atoms. The topological polar surface area (TPSA) is 148 Å². The van der Waals surface area contributed by atoms with E-state index in [1.54, 1.807) is 71.2 Å². The van der Waals surface area contributed by atoms with E-state index < -0.39 is 65.1 Å². The van der Waals surface area contributed by atoms with Crippen molar-refractivity contribution in [1.29, 1.82) is 0 Å². The molecule has 17 heteroatoms. The van der Waals surface area contributed by atoms with Gasteiger partial charge in [-0.15, -0.1) is 11.3 Å². The van der Waals surface area contributed by atoms with Crippen LogP contribution in [0.15, 0.2) is 76.6 Å². The van der Waals surface area contributed by atoms with Crippen molar-refractivity contribution in [3.8, 4) is 11.3 Å². The molecular weight excluding hydrogens is 840 g/mol. The minimum atomic E-state index is -4.58. The molecule has 3 amide bonds. The number of aromatic nitrogens is 1. The number of alkyl halides is 3.